The number of nitrogens with zero attached hydrogens (tertiary/aromatic N) is 2. The van der Waals surface area contributed by atoms with Crippen LogP contribution in [0.15, 0.2) is 24.7 Å². The Morgan fingerprint density at radius 1 is 1.35 bits per heavy atom. The molecule has 0 fully saturated rings. The summed E-state index contributed by atoms with van der Waals surface area (Å²) in [5.74, 6) is 0. The summed E-state index contributed by atoms with van der Waals surface area (Å²) in [4.78, 5) is 12.1. The standard InChI is InChI=1S/C13H16N4/c1-2-9-3-4-10(15-7-9)12-13-11(5-6-14-12)16-8-17-13/h3-4,7-8,12,14H,2,5-6H2,1H3,(H,16,17)/t12-/m1/s1. The molecular weight excluding hydrogens is 212 g/mol. The molecule has 0 unspecified atom stereocenters. The summed E-state index contributed by atoms with van der Waals surface area (Å²) in [6.07, 6.45) is 5.76. The SMILES string of the molecule is CCc1ccc([C@H]2NCCc3[nH]cnc32)nc1. The molecule has 3 heterocycles. The number of aryl methyl sites for hydroxylation is 1. The summed E-state index contributed by atoms with van der Waals surface area (Å²) in [5, 5.41) is 3.47. The summed E-state index contributed by atoms with van der Waals surface area (Å²) in [6.45, 7) is 3.11. The Morgan fingerprint density at radius 2 is 2.29 bits per heavy atom. The van der Waals surface area contributed by atoms with Crippen molar-refractivity contribution in [2.75, 3.05) is 6.54 Å². The Morgan fingerprint density at radius 3 is 3.06 bits per heavy atom. The van der Waals surface area contributed by atoms with Crippen LogP contribution in [-0.2, 0) is 12.8 Å². The van der Waals surface area contributed by atoms with E-state index in [-0.39, 0.29) is 6.04 Å². The van der Waals surface area contributed by atoms with Crippen molar-refractivity contribution in [1.29, 1.82) is 0 Å². The summed E-state index contributed by atoms with van der Waals surface area (Å²) in [6, 6.07) is 4.38. The number of hydrogen-bond acceptors (Lipinski definition) is 3. The molecule has 4 heteroatoms. The predicted octanol–water partition coefficient (Wildman–Crippen LogP) is 1.60. The lowest BCUT2D eigenvalue weighted by atomic mass is 10.0. The van der Waals surface area contributed by atoms with Crippen LogP contribution >= 0.6 is 0 Å². The highest BCUT2D eigenvalue weighted by Gasteiger charge is 2.24. The molecule has 2 aromatic rings. The fourth-order valence-electron chi connectivity index (χ4n) is 2.28. The van der Waals surface area contributed by atoms with Gasteiger partial charge >= 0.3 is 0 Å². The van der Waals surface area contributed by atoms with Crippen LogP contribution in [0.2, 0.25) is 0 Å². The van der Waals surface area contributed by atoms with Gasteiger partial charge in [0.25, 0.3) is 0 Å². The van der Waals surface area contributed by atoms with E-state index in [2.05, 4.69) is 39.3 Å². The number of fused-ring (bicyclic) bond motifs is 1. The average Bonchev–Trinajstić information content (AvgIpc) is 2.87. The second kappa shape index (κ2) is 4.30. The van der Waals surface area contributed by atoms with Crippen LogP contribution in [0, 0.1) is 0 Å². The minimum Gasteiger partial charge on any atom is -0.348 e. The lowest BCUT2D eigenvalue weighted by molar-refractivity contribution is 0.543. The van der Waals surface area contributed by atoms with Gasteiger partial charge in [-0.3, -0.25) is 4.98 Å². The van der Waals surface area contributed by atoms with Crippen LogP contribution in [0.25, 0.3) is 0 Å². The molecule has 0 spiro atoms. The molecular formula is C13H16N4. The Hall–Kier alpha value is -1.68. The smallest absolute Gasteiger partial charge is 0.0943 e. The average molecular weight is 228 g/mol. The van der Waals surface area contributed by atoms with Gasteiger partial charge in [-0.25, -0.2) is 4.98 Å². The molecule has 0 saturated carbocycles. The van der Waals surface area contributed by atoms with E-state index in [9.17, 15) is 0 Å². The van der Waals surface area contributed by atoms with Crippen LogP contribution in [0.5, 0.6) is 0 Å². The highest BCUT2D eigenvalue weighted by atomic mass is 15.0. The second-order valence-electron chi connectivity index (χ2n) is 4.35. The van der Waals surface area contributed by atoms with E-state index < -0.39 is 0 Å². The van der Waals surface area contributed by atoms with E-state index >= 15 is 0 Å². The summed E-state index contributed by atoms with van der Waals surface area (Å²) < 4.78 is 0. The van der Waals surface area contributed by atoms with Crippen LogP contribution < -0.4 is 5.32 Å². The van der Waals surface area contributed by atoms with Gasteiger partial charge in [-0.05, 0) is 18.1 Å². The number of hydrogen-bond donors (Lipinski definition) is 2. The molecule has 3 rings (SSSR count). The topological polar surface area (TPSA) is 53.6 Å². The third-order valence-corrected chi connectivity index (χ3v) is 3.30. The quantitative estimate of drug-likeness (QED) is 0.821. The van der Waals surface area contributed by atoms with Crippen molar-refractivity contribution in [2.24, 2.45) is 0 Å². The molecule has 0 amide bonds. The molecule has 2 N–H and O–H groups in total. The molecule has 0 aliphatic carbocycles. The largest absolute Gasteiger partial charge is 0.348 e. The summed E-state index contributed by atoms with van der Waals surface area (Å²) in [5.41, 5.74) is 4.64. The predicted molar refractivity (Wildman–Crippen MR) is 65.8 cm³/mol. The lowest BCUT2D eigenvalue weighted by Gasteiger charge is -2.22. The Balaban J connectivity index is 1.95. The maximum atomic E-state index is 4.54. The molecule has 1 aliphatic rings. The van der Waals surface area contributed by atoms with Gasteiger partial charge in [0.2, 0.25) is 0 Å². The van der Waals surface area contributed by atoms with Crippen molar-refractivity contribution in [3.8, 4) is 0 Å². The van der Waals surface area contributed by atoms with Crippen LogP contribution in [0.4, 0.5) is 0 Å². The lowest BCUT2D eigenvalue weighted by Crippen LogP contribution is -2.31. The molecule has 0 radical (unpaired) electrons. The number of H-pyrrole nitrogens is 1. The van der Waals surface area contributed by atoms with Gasteiger partial charge in [-0.15, -0.1) is 0 Å². The van der Waals surface area contributed by atoms with E-state index in [0.29, 0.717) is 0 Å². The molecule has 2 aromatic heterocycles. The number of aromatic nitrogens is 3. The molecule has 1 atom stereocenters. The number of rotatable bonds is 2. The maximum Gasteiger partial charge on any atom is 0.0943 e. The van der Waals surface area contributed by atoms with Crippen LogP contribution in [0.3, 0.4) is 0 Å². The first-order chi connectivity index (χ1) is 8.38. The Bertz CT molecular complexity index is 500. The fraction of sp³-hybridized carbons (Fsp3) is 0.385. The molecule has 0 saturated heterocycles. The zero-order valence-corrected chi connectivity index (χ0v) is 9.90. The van der Waals surface area contributed by atoms with Crippen LogP contribution in [0.1, 0.15) is 35.6 Å². The van der Waals surface area contributed by atoms with Crippen LogP contribution in [-0.4, -0.2) is 21.5 Å². The van der Waals surface area contributed by atoms with Gasteiger partial charge in [0.1, 0.15) is 0 Å². The van der Waals surface area contributed by atoms with Gasteiger partial charge in [-0.2, -0.15) is 0 Å². The Labute approximate surface area is 101 Å². The van der Waals surface area contributed by atoms with Crippen molar-refractivity contribution < 1.29 is 0 Å². The van der Waals surface area contributed by atoms with Crippen molar-refractivity contribution in [3.63, 3.8) is 0 Å². The Kier molecular flexibility index (Phi) is 2.65. The number of aromatic amines is 1. The van der Waals surface area contributed by atoms with E-state index in [1.54, 1.807) is 6.33 Å². The van der Waals surface area contributed by atoms with Crippen molar-refractivity contribution in [2.45, 2.75) is 25.8 Å². The first-order valence-corrected chi connectivity index (χ1v) is 6.09. The minimum atomic E-state index is 0.135. The third-order valence-electron chi connectivity index (χ3n) is 3.30. The van der Waals surface area contributed by atoms with Gasteiger partial charge in [-0.1, -0.05) is 13.0 Å². The van der Waals surface area contributed by atoms with Gasteiger partial charge < -0.3 is 10.3 Å². The van der Waals surface area contributed by atoms with Gasteiger partial charge in [0.05, 0.1) is 23.8 Å². The third kappa shape index (κ3) is 1.85. The summed E-state index contributed by atoms with van der Waals surface area (Å²) in [7, 11) is 0. The first-order valence-electron chi connectivity index (χ1n) is 6.09. The zero-order chi connectivity index (χ0) is 11.7. The number of imidazole rings is 1. The fourth-order valence-corrected chi connectivity index (χ4v) is 2.28. The highest BCUT2D eigenvalue weighted by Crippen LogP contribution is 2.24. The second-order valence-corrected chi connectivity index (χ2v) is 4.35. The van der Waals surface area contributed by atoms with Gasteiger partial charge in [0, 0.05) is 24.9 Å². The highest BCUT2D eigenvalue weighted by molar-refractivity contribution is 5.29. The molecule has 1 aliphatic heterocycles. The zero-order valence-electron chi connectivity index (χ0n) is 9.90. The summed E-state index contributed by atoms with van der Waals surface area (Å²) >= 11 is 0. The van der Waals surface area contributed by atoms with Crippen molar-refractivity contribution >= 4 is 0 Å². The number of pyridine rings is 1. The normalized spacial score (nSPS) is 19.0. The van der Waals surface area contributed by atoms with Gasteiger partial charge in [0.15, 0.2) is 0 Å². The molecule has 0 bridgehead atoms. The minimum absolute atomic E-state index is 0.135. The van der Waals surface area contributed by atoms with Crippen molar-refractivity contribution in [1.82, 2.24) is 20.3 Å². The molecule has 0 aromatic carbocycles. The van der Waals surface area contributed by atoms with E-state index in [1.165, 1.54) is 11.3 Å². The molecule has 88 valence electrons. The van der Waals surface area contributed by atoms with Crippen molar-refractivity contribution in [3.05, 3.63) is 47.3 Å². The molecule has 4 nitrogen and oxygen atoms in total. The van der Waals surface area contributed by atoms with E-state index in [4.69, 9.17) is 0 Å². The molecule has 17 heavy (non-hydrogen) atoms. The maximum absolute atomic E-state index is 4.54. The monoisotopic (exact) mass is 228 g/mol. The van der Waals surface area contributed by atoms with E-state index in [1.807, 2.05) is 6.20 Å². The van der Waals surface area contributed by atoms with E-state index in [0.717, 1.165) is 30.8 Å². The first kappa shape index (κ1) is 10.5. The number of nitrogens with one attached hydrogen (secondary N) is 2.